The van der Waals surface area contributed by atoms with Crippen molar-refractivity contribution in [3.63, 3.8) is 0 Å². The normalized spacial score (nSPS) is 13.8. The predicted octanol–water partition coefficient (Wildman–Crippen LogP) is 1.92. The van der Waals surface area contributed by atoms with Gasteiger partial charge in [0.25, 0.3) is 0 Å². The molecule has 1 heterocycles. The first kappa shape index (κ1) is 9.33. The van der Waals surface area contributed by atoms with E-state index in [1.165, 1.54) is 0 Å². The van der Waals surface area contributed by atoms with E-state index in [0.29, 0.717) is 29.2 Å². The monoisotopic (exact) mass is 258 g/mol. The van der Waals surface area contributed by atoms with Crippen molar-refractivity contribution in [3.8, 4) is 11.5 Å². The molecule has 0 aliphatic carbocycles. The van der Waals surface area contributed by atoms with Crippen LogP contribution in [-0.2, 0) is 0 Å². The van der Waals surface area contributed by atoms with E-state index in [4.69, 9.17) is 14.6 Å². The molecule has 0 saturated heterocycles. The van der Waals surface area contributed by atoms with Crippen molar-refractivity contribution < 1.29 is 19.4 Å². The maximum absolute atomic E-state index is 10.9. The molecule has 0 amide bonds. The lowest BCUT2D eigenvalue weighted by atomic mass is 10.2. The fourth-order valence-electron chi connectivity index (χ4n) is 1.29. The van der Waals surface area contributed by atoms with Crippen molar-refractivity contribution in [2.24, 2.45) is 0 Å². The maximum Gasteiger partial charge on any atom is 0.340 e. The number of ether oxygens (including phenoxy) is 2. The highest BCUT2D eigenvalue weighted by atomic mass is 79.9. The fraction of sp³-hybridized carbons (Fsp3) is 0.222. The molecule has 5 heteroatoms. The Bertz CT molecular complexity index is 389. The highest BCUT2D eigenvalue weighted by Gasteiger charge is 2.22. The van der Waals surface area contributed by atoms with Gasteiger partial charge in [-0.05, 0) is 28.1 Å². The number of benzene rings is 1. The summed E-state index contributed by atoms with van der Waals surface area (Å²) in [5.41, 5.74) is 0.113. The summed E-state index contributed by atoms with van der Waals surface area (Å²) in [7, 11) is 0. The Morgan fingerprint density at radius 2 is 2.07 bits per heavy atom. The third-order valence-electron chi connectivity index (χ3n) is 1.87. The van der Waals surface area contributed by atoms with E-state index in [9.17, 15) is 4.79 Å². The molecule has 1 aromatic rings. The zero-order valence-electron chi connectivity index (χ0n) is 7.12. The fourth-order valence-corrected chi connectivity index (χ4v) is 1.77. The molecule has 14 heavy (non-hydrogen) atoms. The number of hydrogen-bond acceptors (Lipinski definition) is 3. The van der Waals surface area contributed by atoms with Crippen LogP contribution in [0.3, 0.4) is 0 Å². The summed E-state index contributed by atoms with van der Waals surface area (Å²) in [6.07, 6.45) is 0. The molecule has 0 aromatic heterocycles. The molecule has 2 rings (SSSR count). The molecule has 1 aromatic carbocycles. The second-order valence-corrected chi connectivity index (χ2v) is 3.61. The van der Waals surface area contributed by atoms with Crippen LogP contribution in [0.5, 0.6) is 11.5 Å². The van der Waals surface area contributed by atoms with Crippen molar-refractivity contribution in [2.75, 3.05) is 13.2 Å². The molecule has 0 fully saturated rings. The summed E-state index contributed by atoms with van der Waals surface area (Å²) in [4.78, 5) is 10.9. The van der Waals surface area contributed by atoms with Crippen molar-refractivity contribution in [3.05, 3.63) is 22.2 Å². The van der Waals surface area contributed by atoms with Crippen LogP contribution in [0, 0.1) is 0 Å². The van der Waals surface area contributed by atoms with Gasteiger partial charge in [0.2, 0.25) is 0 Å². The van der Waals surface area contributed by atoms with Crippen LogP contribution >= 0.6 is 15.9 Å². The van der Waals surface area contributed by atoms with Gasteiger partial charge in [-0.25, -0.2) is 4.79 Å². The number of carboxylic acids is 1. The van der Waals surface area contributed by atoms with Gasteiger partial charge >= 0.3 is 5.97 Å². The third-order valence-corrected chi connectivity index (χ3v) is 2.53. The standard InChI is InChI=1S/C9H7BrO4/c10-5-1-2-6-8(7(5)9(11)12)14-4-3-13-6/h1-2H,3-4H2,(H,11,12). The first-order chi connectivity index (χ1) is 6.70. The van der Waals surface area contributed by atoms with Crippen LogP contribution < -0.4 is 9.47 Å². The van der Waals surface area contributed by atoms with Crippen LogP contribution in [-0.4, -0.2) is 24.3 Å². The molecular weight excluding hydrogens is 252 g/mol. The lowest BCUT2D eigenvalue weighted by Gasteiger charge is -2.20. The van der Waals surface area contributed by atoms with Gasteiger partial charge in [0.1, 0.15) is 18.8 Å². The quantitative estimate of drug-likeness (QED) is 0.837. The van der Waals surface area contributed by atoms with Gasteiger partial charge in [-0.1, -0.05) is 0 Å². The number of hydrogen-bond donors (Lipinski definition) is 1. The second-order valence-electron chi connectivity index (χ2n) is 2.75. The molecule has 0 saturated carbocycles. The number of carboxylic acid groups (broad SMARTS) is 1. The topological polar surface area (TPSA) is 55.8 Å². The summed E-state index contributed by atoms with van der Waals surface area (Å²) in [5, 5.41) is 8.96. The van der Waals surface area contributed by atoms with E-state index in [1.54, 1.807) is 12.1 Å². The van der Waals surface area contributed by atoms with Gasteiger partial charge in [-0.2, -0.15) is 0 Å². The van der Waals surface area contributed by atoms with E-state index in [0.717, 1.165) is 0 Å². The summed E-state index contributed by atoms with van der Waals surface area (Å²) in [5.74, 6) is -0.241. The smallest absolute Gasteiger partial charge is 0.340 e. The molecule has 0 unspecified atom stereocenters. The Hall–Kier alpha value is -1.23. The van der Waals surface area contributed by atoms with Crippen molar-refractivity contribution in [1.29, 1.82) is 0 Å². The highest BCUT2D eigenvalue weighted by molar-refractivity contribution is 9.10. The Balaban J connectivity index is 2.60. The van der Waals surface area contributed by atoms with Crippen molar-refractivity contribution in [2.45, 2.75) is 0 Å². The highest BCUT2D eigenvalue weighted by Crippen LogP contribution is 2.37. The summed E-state index contributed by atoms with van der Waals surface area (Å²) in [6, 6.07) is 3.32. The number of fused-ring (bicyclic) bond motifs is 1. The minimum absolute atomic E-state index is 0.113. The molecule has 0 atom stereocenters. The summed E-state index contributed by atoms with van der Waals surface area (Å²) in [6.45, 7) is 0.831. The van der Waals surface area contributed by atoms with Crippen LogP contribution in [0.25, 0.3) is 0 Å². The number of carbonyl (C=O) groups is 1. The molecule has 1 aliphatic rings. The lowest BCUT2D eigenvalue weighted by molar-refractivity contribution is 0.0685. The average molecular weight is 259 g/mol. The SMILES string of the molecule is O=C(O)c1c(Br)ccc2c1OCCO2. The molecule has 4 nitrogen and oxygen atoms in total. The zero-order chi connectivity index (χ0) is 10.1. The molecule has 0 radical (unpaired) electrons. The minimum atomic E-state index is -1.03. The van der Waals surface area contributed by atoms with E-state index in [2.05, 4.69) is 15.9 Å². The Morgan fingerprint density at radius 3 is 2.79 bits per heavy atom. The minimum Gasteiger partial charge on any atom is -0.486 e. The van der Waals surface area contributed by atoms with Gasteiger partial charge in [0.15, 0.2) is 11.5 Å². The molecule has 0 spiro atoms. The Labute approximate surface area is 88.6 Å². The van der Waals surface area contributed by atoms with Crippen LogP contribution in [0.1, 0.15) is 10.4 Å². The number of aromatic carboxylic acids is 1. The predicted molar refractivity (Wildman–Crippen MR) is 52.1 cm³/mol. The largest absolute Gasteiger partial charge is 0.486 e. The van der Waals surface area contributed by atoms with E-state index in [-0.39, 0.29) is 5.56 Å². The van der Waals surface area contributed by atoms with Gasteiger partial charge in [0.05, 0.1) is 0 Å². The van der Waals surface area contributed by atoms with Crippen LogP contribution in [0.15, 0.2) is 16.6 Å². The van der Waals surface area contributed by atoms with Gasteiger partial charge in [-0.3, -0.25) is 0 Å². The number of rotatable bonds is 1. The average Bonchev–Trinajstić information content (AvgIpc) is 2.17. The molecule has 1 aliphatic heterocycles. The number of halogens is 1. The molecule has 0 bridgehead atoms. The maximum atomic E-state index is 10.9. The van der Waals surface area contributed by atoms with Gasteiger partial charge in [-0.15, -0.1) is 0 Å². The third kappa shape index (κ3) is 1.43. The molecular formula is C9H7BrO4. The summed E-state index contributed by atoms with van der Waals surface area (Å²) < 4.78 is 11.0. The van der Waals surface area contributed by atoms with E-state index >= 15 is 0 Å². The zero-order valence-corrected chi connectivity index (χ0v) is 8.70. The first-order valence-electron chi connectivity index (χ1n) is 4.01. The second kappa shape index (κ2) is 3.49. The van der Waals surface area contributed by atoms with Crippen molar-refractivity contribution >= 4 is 21.9 Å². The van der Waals surface area contributed by atoms with Crippen molar-refractivity contribution in [1.82, 2.24) is 0 Å². The Kier molecular flexibility index (Phi) is 2.33. The van der Waals surface area contributed by atoms with E-state index in [1.807, 2.05) is 0 Å². The van der Waals surface area contributed by atoms with Gasteiger partial charge < -0.3 is 14.6 Å². The molecule has 74 valence electrons. The van der Waals surface area contributed by atoms with Gasteiger partial charge in [0, 0.05) is 4.47 Å². The molecule has 1 N–H and O–H groups in total. The summed E-state index contributed by atoms with van der Waals surface area (Å²) >= 11 is 3.16. The first-order valence-corrected chi connectivity index (χ1v) is 4.81. The van der Waals surface area contributed by atoms with E-state index < -0.39 is 5.97 Å². The van der Waals surface area contributed by atoms with Crippen LogP contribution in [0.4, 0.5) is 0 Å². The Morgan fingerprint density at radius 1 is 1.36 bits per heavy atom. The lowest BCUT2D eigenvalue weighted by Crippen LogP contribution is -2.18. The van der Waals surface area contributed by atoms with Crippen LogP contribution in [0.2, 0.25) is 0 Å².